The third-order valence-corrected chi connectivity index (χ3v) is 5.72. The molecule has 6 heteroatoms. The van der Waals surface area contributed by atoms with E-state index in [0.717, 1.165) is 43.9 Å². The molecule has 5 nitrogen and oxygen atoms in total. The molecule has 1 aliphatic heterocycles. The molecule has 0 radical (unpaired) electrons. The molecule has 3 aromatic rings. The smallest absolute Gasteiger partial charge is 0.273 e. The lowest BCUT2D eigenvalue weighted by atomic mass is 9.96. The quantitative estimate of drug-likeness (QED) is 0.695. The first-order valence-electron chi connectivity index (χ1n) is 9.03. The lowest BCUT2D eigenvalue weighted by Gasteiger charge is -2.31. The fraction of sp³-hybridized carbons (Fsp3) is 0.350. The van der Waals surface area contributed by atoms with Crippen LogP contribution >= 0.6 is 11.3 Å². The molecule has 1 amide bonds. The zero-order valence-corrected chi connectivity index (χ0v) is 15.4. The molecule has 2 aromatic heterocycles. The normalized spacial score (nSPS) is 15.3. The summed E-state index contributed by atoms with van der Waals surface area (Å²) in [6, 6.07) is 12.2. The Morgan fingerprint density at radius 3 is 2.69 bits per heavy atom. The maximum atomic E-state index is 12.7. The van der Waals surface area contributed by atoms with Crippen molar-refractivity contribution in [2.75, 3.05) is 13.1 Å². The Morgan fingerprint density at radius 1 is 1.15 bits per heavy atom. The van der Waals surface area contributed by atoms with E-state index in [2.05, 4.69) is 22.2 Å². The molecule has 0 atom stereocenters. The summed E-state index contributed by atoms with van der Waals surface area (Å²) >= 11 is 1.57. The molecule has 0 unspecified atom stereocenters. The molecule has 0 N–H and O–H groups in total. The van der Waals surface area contributed by atoms with Crippen LogP contribution in [0.2, 0.25) is 0 Å². The van der Waals surface area contributed by atoms with Gasteiger partial charge in [-0.05, 0) is 30.4 Å². The van der Waals surface area contributed by atoms with Gasteiger partial charge in [-0.2, -0.15) is 5.10 Å². The van der Waals surface area contributed by atoms with Crippen molar-refractivity contribution >= 4 is 17.2 Å². The number of hydrogen-bond acceptors (Lipinski definition) is 4. The second-order valence-electron chi connectivity index (χ2n) is 6.75. The van der Waals surface area contributed by atoms with E-state index < -0.39 is 0 Å². The first-order valence-corrected chi connectivity index (χ1v) is 9.91. The van der Waals surface area contributed by atoms with Crippen molar-refractivity contribution in [3.05, 3.63) is 70.4 Å². The Labute approximate surface area is 157 Å². The van der Waals surface area contributed by atoms with Gasteiger partial charge in [0, 0.05) is 43.8 Å². The van der Waals surface area contributed by atoms with Gasteiger partial charge < -0.3 is 4.90 Å². The number of carbonyl (C=O) groups excluding carboxylic acids is 1. The molecule has 1 aliphatic rings. The van der Waals surface area contributed by atoms with Crippen molar-refractivity contribution in [1.29, 1.82) is 0 Å². The van der Waals surface area contributed by atoms with Crippen molar-refractivity contribution in [3.8, 4) is 0 Å². The number of carbonyl (C=O) groups is 1. The zero-order valence-electron chi connectivity index (χ0n) is 14.6. The lowest BCUT2D eigenvalue weighted by Crippen LogP contribution is -2.39. The highest BCUT2D eigenvalue weighted by Gasteiger charge is 2.25. The van der Waals surface area contributed by atoms with Crippen LogP contribution < -0.4 is 0 Å². The number of amides is 1. The molecular formula is C20H22N4OS. The molecule has 4 rings (SSSR count). The third kappa shape index (κ3) is 4.02. The van der Waals surface area contributed by atoms with Gasteiger partial charge in [0.2, 0.25) is 0 Å². The summed E-state index contributed by atoms with van der Waals surface area (Å²) < 4.78 is 1.98. The fourth-order valence-corrected chi connectivity index (χ4v) is 4.22. The summed E-state index contributed by atoms with van der Waals surface area (Å²) in [6.45, 7) is 2.54. The number of aromatic nitrogens is 3. The topological polar surface area (TPSA) is 51.0 Å². The van der Waals surface area contributed by atoms with Crippen LogP contribution in [0.15, 0.2) is 54.2 Å². The second kappa shape index (κ2) is 7.83. The van der Waals surface area contributed by atoms with E-state index in [0.29, 0.717) is 11.6 Å². The number of thiazole rings is 1. The van der Waals surface area contributed by atoms with Crippen LogP contribution in [0.25, 0.3) is 0 Å². The maximum absolute atomic E-state index is 12.7. The van der Waals surface area contributed by atoms with Crippen molar-refractivity contribution in [3.63, 3.8) is 0 Å². The number of benzene rings is 1. The van der Waals surface area contributed by atoms with Crippen molar-refractivity contribution in [1.82, 2.24) is 19.7 Å². The number of hydrogen-bond donors (Lipinski definition) is 0. The third-order valence-electron chi connectivity index (χ3n) is 4.88. The minimum atomic E-state index is 0.0677. The Hall–Kier alpha value is -2.47. The van der Waals surface area contributed by atoms with Gasteiger partial charge >= 0.3 is 0 Å². The van der Waals surface area contributed by atoms with E-state index in [9.17, 15) is 4.79 Å². The van der Waals surface area contributed by atoms with E-state index >= 15 is 0 Å². The molecule has 0 saturated carbocycles. The van der Waals surface area contributed by atoms with Gasteiger partial charge in [-0.15, -0.1) is 11.3 Å². The summed E-state index contributed by atoms with van der Waals surface area (Å²) in [5.41, 5.74) is 1.81. The van der Waals surface area contributed by atoms with Crippen LogP contribution in [-0.2, 0) is 13.0 Å². The summed E-state index contributed by atoms with van der Waals surface area (Å²) in [5.74, 6) is 0.654. The first-order chi connectivity index (χ1) is 12.8. The Balaban J connectivity index is 1.32. The highest BCUT2D eigenvalue weighted by molar-refractivity contribution is 7.09. The summed E-state index contributed by atoms with van der Waals surface area (Å²) in [7, 11) is 0. The second-order valence-corrected chi connectivity index (χ2v) is 7.70. The molecular weight excluding hydrogens is 344 g/mol. The van der Waals surface area contributed by atoms with E-state index in [-0.39, 0.29) is 5.91 Å². The minimum Gasteiger partial charge on any atom is -0.337 e. The lowest BCUT2D eigenvalue weighted by molar-refractivity contribution is 0.0676. The highest BCUT2D eigenvalue weighted by Crippen LogP contribution is 2.22. The van der Waals surface area contributed by atoms with Crippen LogP contribution in [-0.4, -0.2) is 38.7 Å². The van der Waals surface area contributed by atoms with E-state index in [4.69, 9.17) is 0 Å². The van der Waals surface area contributed by atoms with Gasteiger partial charge in [0.25, 0.3) is 5.91 Å². The Morgan fingerprint density at radius 2 is 1.96 bits per heavy atom. The van der Waals surface area contributed by atoms with Gasteiger partial charge in [0.05, 0.1) is 5.01 Å². The van der Waals surface area contributed by atoms with Crippen LogP contribution in [0.3, 0.4) is 0 Å². The largest absolute Gasteiger partial charge is 0.337 e. The average molecular weight is 366 g/mol. The first kappa shape index (κ1) is 17.0. The molecule has 0 aliphatic carbocycles. The number of piperidine rings is 1. The molecule has 134 valence electrons. The number of rotatable bonds is 5. The Kier molecular flexibility index (Phi) is 5.11. The van der Waals surface area contributed by atoms with Crippen LogP contribution in [0.5, 0.6) is 0 Å². The van der Waals surface area contributed by atoms with E-state index in [1.54, 1.807) is 11.3 Å². The van der Waals surface area contributed by atoms with Gasteiger partial charge in [0.15, 0.2) is 0 Å². The monoisotopic (exact) mass is 366 g/mol. The molecule has 0 bridgehead atoms. The summed E-state index contributed by atoms with van der Waals surface area (Å²) in [4.78, 5) is 19.3. The minimum absolute atomic E-state index is 0.0677. The van der Waals surface area contributed by atoms with E-state index in [1.807, 2.05) is 51.6 Å². The van der Waals surface area contributed by atoms with Gasteiger partial charge in [0.1, 0.15) is 5.69 Å². The number of likely N-dealkylation sites (tertiary alicyclic amines) is 1. The molecule has 1 aromatic carbocycles. The molecule has 26 heavy (non-hydrogen) atoms. The fourth-order valence-electron chi connectivity index (χ4n) is 3.41. The van der Waals surface area contributed by atoms with Crippen molar-refractivity contribution < 1.29 is 4.79 Å². The zero-order chi connectivity index (χ0) is 17.8. The van der Waals surface area contributed by atoms with Gasteiger partial charge in [-0.1, -0.05) is 30.3 Å². The standard InChI is InChI=1S/C20H22N4OS/c25-20(18-15-26-19(22-18)13-16-5-2-1-3-6-16)23-11-7-17(8-12-23)14-24-10-4-9-21-24/h1-6,9-10,15,17H,7-8,11-14H2. The van der Waals surface area contributed by atoms with Crippen LogP contribution in [0.4, 0.5) is 0 Å². The van der Waals surface area contributed by atoms with E-state index in [1.165, 1.54) is 5.56 Å². The molecule has 3 heterocycles. The highest BCUT2D eigenvalue weighted by atomic mass is 32.1. The van der Waals surface area contributed by atoms with Crippen molar-refractivity contribution in [2.45, 2.75) is 25.8 Å². The SMILES string of the molecule is O=C(c1csc(Cc2ccccc2)n1)N1CCC(Cn2cccn2)CC1. The number of nitrogens with zero attached hydrogens (tertiary/aromatic N) is 4. The summed E-state index contributed by atoms with van der Waals surface area (Å²) in [5, 5.41) is 7.17. The van der Waals surface area contributed by atoms with Gasteiger partial charge in [-0.25, -0.2) is 4.98 Å². The van der Waals surface area contributed by atoms with Crippen LogP contribution in [0, 0.1) is 5.92 Å². The van der Waals surface area contributed by atoms with Gasteiger partial charge in [-0.3, -0.25) is 9.48 Å². The average Bonchev–Trinajstić information content (AvgIpc) is 3.35. The maximum Gasteiger partial charge on any atom is 0.273 e. The summed E-state index contributed by atoms with van der Waals surface area (Å²) in [6.07, 6.45) is 6.64. The molecule has 0 spiro atoms. The van der Waals surface area contributed by atoms with Crippen LogP contribution in [0.1, 0.15) is 33.9 Å². The van der Waals surface area contributed by atoms with Crippen molar-refractivity contribution in [2.24, 2.45) is 5.92 Å². The molecule has 1 fully saturated rings. The Bertz CT molecular complexity index is 836. The molecule has 1 saturated heterocycles. The predicted molar refractivity (Wildman–Crippen MR) is 102 cm³/mol. The predicted octanol–water partition coefficient (Wildman–Crippen LogP) is 3.48.